The third kappa shape index (κ3) is 3.11. The normalized spacial score (nSPS) is 15.2. The Balaban J connectivity index is 2.90. The molecule has 0 aromatic heterocycles. The summed E-state index contributed by atoms with van der Waals surface area (Å²) in [6, 6.07) is 5.57. The van der Waals surface area contributed by atoms with E-state index in [1.807, 2.05) is 38.1 Å². The highest BCUT2D eigenvalue weighted by Gasteiger charge is 2.26. The van der Waals surface area contributed by atoms with Gasteiger partial charge in [-0.05, 0) is 45.1 Å². The molecule has 0 bridgehead atoms. The minimum atomic E-state index is -0.281. The number of aliphatic hydroxyl groups excluding tert-OH is 1. The number of aliphatic hydroxyl groups is 1. The number of nitrogens with zero attached hydrogens (tertiary/aromatic N) is 1. The van der Waals surface area contributed by atoms with E-state index in [1.54, 1.807) is 6.07 Å². The van der Waals surface area contributed by atoms with Crippen LogP contribution in [0.4, 0.5) is 0 Å². The zero-order valence-electron chi connectivity index (χ0n) is 9.80. The SMILES string of the molecule is CN(C)[C@@](C)(CO)Cc1ccc(Cl)c(Cl)c1. The maximum Gasteiger partial charge on any atom is 0.0615 e. The van der Waals surface area contributed by atoms with E-state index in [9.17, 15) is 5.11 Å². The number of rotatable bonds is 4. The van der Waals surface area contributed by atoms with Crippen molar-refractivity contribution in [1.29, 1.82) is 0 Å². The van der Waals surface area contributed by atoms with Gasteiger partial charge < -0.3 is 10.0 Å². The second-order valence-electron chi connectivity index (χ2n) is 4.47. The van der Waals surface area contributed by atoms with E-state index in [0.717, 1.165) is 12.0 Å². The van der Waals surface area contributed by atoms with Crippen LogP contribution < -0.4 is 0 Å². The summed E-state index contributed by atoms with van der Waals surface area (Å²) in [6.07, 6.45) is 0.730. The molecule has 4 heteroatoms. The molecule has 1 aromatic rings. The van der Waals surface area contributed by atoms with Crippen molar-refractivity contribution in [2.75, 3.05) is 20.7 Å². The molecule has 1 rings (SSSR count). The van der Waals surface area contributed by atoms with Gasteiger partial charge in [-0.25, -0.2) is 0 Å². The second-order valence-corrected chi connectivity index (χ2v) is 5.29. The maximum atomic E-state index is 9.44. The fourth-order valence-electron chi connectivity index (χ4n) is 1.44. The average Bonchev–Trinajstić information content (AvgIpc) is 2.23. The molecular weight excluding hydrogens is 245 g/mol. The second kappa shape index (κ2) is 5.37. The van der Waals surface area contributed by atoms with Crippen molar-refractivity contribution >= 4 is 23.2 Å². The van der Waals surface area contributed by atoms with Crippen LogP contribution in [0.1, 0.15) is 12.5 Å². The summed E-state index contributed by atoms with van der Waals surface area (Å²) in [7, 11) is 3.90. The van der Waals surface area contributed by atoms with Crippen LogP contribution in [0.3, 0.4) is 0 Å². The van der Waals surface area contributed by atoms with Crippen molar-refractivity contribution in [2.24, 2.45) is 0 Å². The number of hydrogen-bond donors (Lipinski definition) is 1. The molecule has 0 saturated heterocycles. The Morgan fingerprint density at radius 3 is 2.31 bits per heavy atom. The quantitative estimate of drug-likeness (QED) is 0.901. The summed E-state index contributed by atoms with van der Waals surface area (Å²) in [4.78, 5) is 2.01. The molecule has 1 N–H and O–H groups in total. The first-order valence-corrected chi connectivity index (χ1v) is 5.87. The van der Waals surface area contributed by atoms with Crippen LogP contribution in [0, 0.1) is 0 Å². The molecule has 0 fully saturated rings. The summed E-state index contributed by atoms with van der Waals surface area (Å²) < 4.78 is 0. The van der Waals surface area contributed by atoms with Crippen molar-refractivity contribution < 1.29 is 5.11 Å². The van der Waals surface area contributed by atoms with E-state index in [4.69, 9.17) is 23.2 Å². The highest BCUT2D eigenvalue weighted by Crippen LogP contribution is 2.25. The number of halogens is 2. The molecule has 16 heavy (non-hydrogen) atoms. The minimum Gasteiger partial charge on any atom is -0.394 e. The first-order chi connectivity index (χ1) is 7.39. The largest absolute Gasteiger partial charge is 0.394 e. The molecule has 0 aliphatic rings. The molecule has 0 aliphatic heterocycles. The summed E-state index contributed by atoms with van der Waals surface area (Å²) in [5.74, 6) is 0. The Bertz CT molecular complexity index is 368. The molecule has 0 spiro atoms. The molecule has 0 saturated carbocycles. The Morgan fingerprint density at radius 1 is 1.25 bits per heavy atom. The summed E-state index contributed by atoms with van der Waals surface area (Å²) in [5.41, 5.74) is 0.789. The molecule has 90 valence electrons. The zero-order valence-corrected chi connectivity index (χ0v) is 11.3. The zero-order chi connectivity index (χ0) is 12.3. The van der Waals surface area contributed by atoms with Gasteiger partial charge in [0.05, 0.1) is 16.7 Å². The van der Waals surface area contributed by atoms with Crippen LogP contribution >= 0.6 is 23.2 Å². The monoisotopic (exact) mass is 261 g/mol. The summed E-state index contributed by atoms with van der Waals surface area (Å²) >= 11 is 11.8. The van der Waals surface area contributed by atoms with Crippen LogP contribution in [0.15, 0.2) is 18.2 Å². The molecule has 0 unspecified atom stereocenters. The molecule has 2 nitrogen and oxygen atoms in total. The Hall–Kier alpha value is -0.280. The van der Waals surface area contributed by atoms with E-state index < -0.39 is 0 Å². The summed E-state index contributed by atoms with van der Waals surface area (Å²) in [5, 5.41) is 10.6. The van der Waals surface area contributed by atoms with E-state index in [2.05, 4.69) is 0 Å². The lowest BCUT2D eigenvalue weighted by Gasteiger charge is -2.34. The van der Waals surface area contributed by atoms with E-state index in [-0.39, 0.29) is 12.1 Å². The van der Waals surface area contributed by atoms with Gasteiger partial charge in [-0.3, -0.25) is 0 Å². The van der Waals surface area contributed by atoms with Crippen molar-refractivity contribution in [2.45, 2.75) is 18.9 Å². The van der Waals surface area contributed by atoms with Crippen LogP contribution in [0.2, 0.25) is 10.0 Å². The molecule has 0 aliphatic carbocycles. The van der Waals surface area contributed by atoms with E-state index in [0.29, 0.717) is 10.0 Å². The fraction of sp³-hybridized carbons (Fsp3) is 0.500. The van der Waals surface area contributed by atoms with Crippen molar-refractivity contribution in [3.8, 4) is 0 Å². The van der Waals surface area contributed by atoms with Crippen molar-refractivity contribution in [1.82, 2.24) is 4.90 Å². The van der Waals surface area contributed by atoms with Gasteiger partial charge in [-0.1, -0.05) is 29.3 Å². The highest BCUT2D eigenvalue weighted by atomic mass is 35.5. The Kier molecular flexibility index (Phi) is 4.62. The molecule has 0 heterocycles. The lowest BCUT2D eigenvalue weighted by atomic mass is 9.92. The lowest BCUT2D eigenvalue weighted by molar-refractivity contribution is 0.0842. The highest BCUT2D eigenvalue weighted by molar-refractivity contribution is 6.42. The topological polar surface area (TPSA) is 23.5 Å². The van der Waals surface area contributed by atoms with E-state index in [1.165, 1.54) is 0 Å². The number of hydrogen-bond acceptors (Lipinski definition) is 2. The molecule has 1 atom stereocenters. The third-order valence-corrected chi connectivity index (χ3v) is 3.73. The lowest BCUT2D eigenvalue weighted by Crippen LogP contribution is -2.46. The van der Waals surface area contributed by atoms with E-state index >= 15 is 0 Å². The van der Waals surface area contributed by atoms with Crippen molar-refractivity contribution in [3.63, 3.8) is 0 Å². The molecule has 0 amide bonds. The van der Waals surface area contributed by atoms with Gasteiger partial charge in [0.1, 0.15) is 0 Å². The molecular formula is C12H17Cl2NO. The van der Waals surface area contributed by atoms with Crippen LogP contribution in [-0.4, -0.2) is 36.2 Å². The van der Waals surface area contributed by atoms with Gasteiger partial charge in [-0.15, -0.1) is 0 Å². The van der Waals surface area contributed by atoms with Gasteiger partial charge in [-0.2, -0.15) is 0 Å². The van der Waals surface area contributed by atoms with Crippen LogP contribution in [-0.2, 0) is 6.42 Å². The first kappa shape index (κ1) is 13.8. The molecule has 1 aromatic carbocycles. The average molecular weight is 262 g/mol. The smallest absolute Gasteiger partial charge is 0.0615 e. The van der Waals surface area contributed by atoms with Gasteiger partial charge >= 0.3 is 0 Å². The number of likely N-dealkylation sites (N-methyl/N-ethyl adjacent to an activating group) is 1. The standard InChI is InChI=1S/C12H17Cl2NO/c1-12(8-16,15(2)3)7-9-4-5-10(13)11(14)6-9/h4-6,16H,7-8H2,1-3H3/t12-/m1/s1. The van der Waals surface area contributed by atoms with Crippen LogP contribution in [0.5, 0.6) is 0 Å². The predicted octanol–water partition coefficient (Wildman–Crippen LogP) is 2.85. The Labute approximate surface area is 107 Å². The molecule has 0 radical (unpaired) electrons. The summed E-state index contributed by atoms with van der Waals surface area (Å²) in [6.45, 7) is 2.11. The maximum absolute atomic E-state index is 9.44. The van der Waals surface area contributed by atoms with Gasteiger partial charge in [0.15, 0.2) is 0 Å². The predicted molar refractivity (Wildman–Crippen MR) is 69.3 cm³/mol. The minimum absolute atomic E-state index is 0.0975. The van der Waals surface area contributed by atoms with Gasteiger partial charge in [0.25, 0.3) is 0 Å². The first-order valence-electron chi connectivity index (χ1n) is 5.11. The number of benzene rings is 1. The van der Waals surface area contributed by atoms with Crippen molar-refractivity contribution in [3.05, 3.63) is 33.8 Å². The fourth-order valence-corrected chi connectivity index (χ4v) is 1.77. The van der Waals surface area contributed by atoms with Crippen LogP contribution in [0.25, 0.3) is 0 Å². The van der Waals surface area contributed by atoms with Gasteiger partial charge in [0.2, 0.25) is 0 Å². The van der Waals surface area contributed by atoms with Gasteiger partial charge in [0, 0.05) is 5.54 Å². The Morgan fingerprint density at radius 2 is 1.88 bits per heavy atom. The third-order valence-electron chi connectivity index (χ3n) is 2.99.